The van der Waals surface area contributed by atoms with Gasteiger partial charge in [0.05, 0.1) is 12.0 Å². The fourth-order valence-corrected chi connectivity index (χ4v) is 1.70. The predicted octanol–water partition coefficient (Wildman–Crippen LogP) is 1.09. The molecule has 0 spiro atoms. The van der Waals surface area contributed by atoms with E-state index in [9.17, 15) is 14.7 Å². The summed E-state index contributed by atoms with van der Waals surface area (Å²) in [7, 11) is 0. The Bertz CT molecular complexity index is 300. The first-order valence-corrected chi connectivity index (χ1v) is 6.08. The number of rotatable bonds is 7. The van der Waals surface area contributed by atoms with E-state index in [2.05, 4.69) is 10.6 Å². The molecule has 2 amide bonds. The maximum Gasteiger partial charge on any atom is 0.315 e. The second-order valence-electron chi connectivity index (χ2n) is 5.51. The first-order valence-electron chi connectivity index (χ1n) is 6.08. The third kappa shape index (κ3) is 7.89. The maximum atomic E-state index is 11.6. The molecule has 0 aliphatic rings. The number of carboxylic acids is 1. The highest BCUT2D eigenvalue weighted by Gasteiger charge is 2.26. The Hall–Kier alpha value is -1.30. The zero-order valence-corrected chi connectivity index (χ0v) is 11.5. The minimum absolute atomic E-state index is 0.104. The van der Waals surface area contributed by atoms with Gasteiger partial charge in [0.25, 0.3) is 0 Å². The number of aliphatic carboxylic acids is 1. The molecule has 0 radical (unpaired) electrons. The number of carbonyl (C=O) groups excluding carboxylic acids is 1. The molecular formula is C12H24N2O4. The minimum Gasteiger partial charge on any atom is -0.481 e. The van der Waals surface area contributed by atoms with Crippen molar-refractivity contribution in [2.24, 2.45) is 0 Å². The van der Waals surface area contributed by atoms with E-state index in [-0.39, 0.29) is 12.1 Å². The van der Waals surface area contributed by atoms with Crippen molar-refractivity contribution >= 4 is 12.0 Å². The second-order valence-corrected chi connectivity index (χ2v) is 5.51. The molecule has 18 heavy (non-hydrogen) atoms. The van der Waals surface area contributed by atoms with Crippen LogP contribution in [0.4, 0.5) is 4.79 Å². The summed E-state index contributed by atoms with van der Waals surface area (Å²) in [6.45, 7) is 7.11. The Morgan fingerprint density at radius 1 is 1.22 bits per heavy atom. The molecule has 0 fully saturated rings. The molecule has 0 aromatic rings. The van der Waals surface area contributed by atoms with Gasteiger partial charge in [0.15, 0.2) is 0 Å². The summed E-state index contributed by atoms with van der Waals surface area (Å²) in [6, 6.07) is -0.404. The van der Waals surface area contributed by atoms with E-state index in [1.807, 2.05) is 20.8 Å². The highest BCUT2D eigenvalue weighted by atomic mass is 16.4. The van der Waals surface area contributed by atoms with Crippen LogP contribution in [-0.2, 0) is 4.79 Å². The summed E-state index contributed by atoms with van der Waals surface area (Å²) in [5, 5.41) is 23.5. The van der Waals surface area contributed by atoms with Crippen molar-refractivity contribution in [1.82, 2.24) is 10.6 Å². The van der Waals surface area contributed by atoms with E-state index in [1.54, 1.807) is 0 Å². The topological polar surface area (TPSA) is 98.7 Å². The van der Waals surface area contributed by atoms with E-state index in [4.69, 9.17) is 5.11 Å². The molecule has 1 unspecified atom stereocenters. The molecule has 0 heterocycles. The highest BCUT2D eigenvalue weighted by molar-refractivity contribution is 5.75. The largest absolute Gasteiger partial charge is 0.481 e. The molecule has 1 atom stereocenters. The Balaban J connectivity index is 4.14. The van der Waals surface area contributed by atoms with E-state index in [0.717, 1.165) is 12.8 Å². The van der Waals surface area contributed by atoms with Gasteiger partial charge in [-0.05, 0) is 27.2 Å². The van der Waals surface area contributed by atoms with Crippen molar-refractivity contribution in [2.75, 3.05) is 6.54 Å². The van der Waals surface area contributed by atoms with Gasteiger partial charge in [-0.25, -0.2) is 4.79 Å². The zero-order chi connectivity index (χ0) is 14.4. The average Bonchev–Trinajstić information content (AvgIpc) is 2.11. The van der Waals surface area contributed by atoms with Crippen molar-refractivity contribution in [2.45, 2.75) is 58.1 Å². The van der Waals surface area contributed by atoms with Crippen molar-refractivity contribution in [3.8, 4) is 0 Å². The number of amides is 2. The van der Waals surface area contributed by atoms with Crippen LogP contribution in [0.1, 0.15) is 47.0 Å². The van der Waals surface area contributed by atoms with Crippen LogP contribution >= 0.6 is 0 Å². The van der Waals surface area contributed by atoms with Gasteiger partial charge in [0.1, 0.15) is 0 Å². The van der Waals surface area contributed by atoms with Crippen LogP contribution < -0.4 is 10.6 Å². The SMILES string of the molecule is CCCC(C)(C)NC(=O)NCC(C)(O)CC(=O)O. The third-order valence-electron chi connectivity index (χ3n) is 2.49. The molecule has 6 heteroatoms. The fourth-order valence-electron chi connectivity index (χ4n) is 1.70. The second kappa shape index (κ2) is 6.58. The van der Waals surface area contributed by atoms with Gasteiger partial charge >= 0.3 is 12.0 Å². The number of nitrogens with one attached hydrogen (secondary N) is 2. The van der Waals surface area contributed by atoms with Crippen LogP contribution in [0, 0.1) is 0 Å². The zero-order valence-electron chi connectivity index (χ0n) is 11.5. The van der Waals surface area contributed by atoms with Crippen LogP contribution in [0.3, 0.4) is 0 Å². The number of urea groups is 1. The molecule has 0 bridgehead atoms. The highest BCUT2D eigenvalue weighted by Crippen LogP contribution is 2.11. The van der Waals surface area contributed by atoms with Crippen LogP contribution in [0.25, 0.3) is 0 Å². The molecule has 0 aromatic carbocycles. The van der Waals surface area contributed by atoms with Crippen LogP contribution in [-0.4, -0.2) is 39.9 Å². The van der Waals surface area contributed by atoms with Gasteiger partial charge in [0, 0.05) is 12.1 Å². The van der Waals surface area contributed by atoms with Crippen molar-refractivity contribution in [3.05, 3.63) is 0 Å². The summed E-state index contributed by atoms with van der Waals surface area (Å²) in [5.41, 5.74) is -1.77. The lowest BCUT2D eigenvalue weighted by Gasteiger charge is -2.27. The normalized spacial score (nSPS) is 14.7. The van der Waals surface area contributed by atoms with Gasteiger partial charge in [-0.15, -0.1) is 0 Å². The van der Waals surface area contributed by atoms with Crippen LogP contribution in [0.2, 0.25) is 0 Å². The molecule has 6 nitrogen and oxygen atoms in total. The lowest BCUT2D eigenvalue weighted by molar-refractivity contribution is -0.141. The summed E-state index contributed by atoms with van der Waals surface area (Å²) in [5.74, 6) is -1.10. The van der Waals surface area contributed by atoms with Crippen molar-refractivity contribution in [3.63, 3.8) is 0 Å². The standard InChI is InChI=1S/C12H24N2O4/c1-5-6-11(2,3)14-10(17)13-8-12(4,18)7-9(15)16/h18H,5-8H2,1-4H3,(H,15,16)(H2,13,14,17). The monoisotopic (exact) mass is 260 g/mol. The maximum absolute atomic E-state index is 11.6. The summed E-state index contributed by atoms with van der Waals surface area (Å²) < 4.78 is 0. The lowest BCUT2D eigenvalue weighted by Crippen LogP contribution is -2.51. The molecule has 0 rings (SSSR count). The lowest BCUT2D eigenvalue weighted by atomic mass is 9.99. The fraction of sp³-hybridized carbons (Fsp3) is 0.833. The minimum atomic E-state index is -1.45. The van der Waals surface area contributed by atoms with Gasteiger partial charge in [-0.1, -0.05) is 13.3 Å². The van der Waals surface area contributed by atoms with E-state index in [0.29, 0.717) is 0 Å². The Kier molecular flexibility index (Phi) is 6.11. The van der Waals surface area contributed by atoms with Gasteiger partial charge in [-0.3, -0.25) is 4.79 Å². The van der Waals surface area contributed by atoms with E-state index >= 15 is 0 Å². The first kappa shape index (κ1) is 16.7. The van der Waals surface area contributed by atoms with Gasteiger partial charge < -0.3 is 20.8 Å². The van der Waals surface area contributed by atoms with Crippen LogP contribution in [0.15, 0.2) is 0 Å². The van der Waals surface area contributed by atoms with Gasteiger partial charge in [-0.2, -0.15) is 0 Å². The van der Waals surface area contributed by atoms with Crippen molar-refractivity contribution < 1.29 is 19.8 Å². The van der Waals surface area contributed by atoms with Crippen molar-refractivity contribution in [1.29, 1.82) is 0 Å². The molecule has 0 saturated heterocycles. The average molecular weight is 260 g/mol. The van der Waals surface area contributed by atoms with Gasteiger partial charge in [0.2, 0.25) is 0 Å². The quantitative estimate of drug-likeness (QED) is 0.550. The number of carbonyl (C=O) groups is 2. The number of hydrogen-bond acceptors (Lipinski definition) is 3. The Morgan fingerprint density at radius 3 is 2.22 bits per heavy atom. The molecular weight excluding hydrogens is 236 g/mol. The smallest absolute Gasteiger partial charge is 0.315 e. The molecule has 106 valence electrons. The number of hydrogen-bond donors (Lipinski definition) is 4. The summed E-state index contributed by atoms with van der Waals surface area (Å²) in [6.07, 6.45) is 1.38. The number of aliphatic hydroxyl groups is 1. The summed E-state index contributed by atoms with van der Waals surface area (Å²) in [4.78, 5) is 22.1. The first-order chi connectivity index (χ1) is 8.08. The molecule has 0 aliphatic heterocycles. The Labute approximate surface area is 108 Å². The Morgan fingerprint density at radius 2 is 1.78 bits per heavy atom. The van der Waals surface area contributed by atoms with E-state index in [1.165, 1.54) is 6.92 Å². The molecule has 0 saturated carbocycles. The molecule has 0 aliphatic carbocycles. The predicted molar refractivity (Wildman–Crippen MR) is 68.4 cm³/mol. The molecule has 4 N–H and O–H groups in total. The van der Waals surface area contributed by atoms with Crippen LogP contribution in [0.5, 0.6) is 0 Å². The third-order valence-corrected chi connectivity index (χ3v) is 2.49. The molecule has 0 aromatic heterocycles. The number of carboxylic acid groups (broad SMARTS) is 1. The summed E-state index contributed by atoms with van der Waals surface area (Å²) >= 11 is 0. The van der Waals surface area contributed by atoms with E-state index < -0.39 is 24.0 Å².